The highest BCUT2D eigenvalue weighted by atomic mass is 35.5. The lowest BCUT2D eigenvalue weighted by atomic mass is 10.1. The first-order chi connectivity index (χ1) is 8.97. The summed E-state index contributed by atoms with van der Waals surface area (Å²) in [5.41, 5.74) is 3.04. The Labute approximate surface area is 122 Å². The molecule has 1 unspecified atom stereocenters. The van der Waals surface area contributed by atoms with Crippen LogP contribution in [-0.4, -0.2) is 0 Å². The SMILES string of the molecule is Cc1cccc(C(C)Nc2cc(Cl)c(F)c(Cl)c2)c1. The van der Waals surface area contributed by atoms with Gasteiger partial charge in [0.05, 0.1) is 10.0 Å². The number of benzene rings is 2. The molecule has 0 radical (unpaired) electrons. The molecule has 19 heavy (non-hydrogen) atoms. The number of hydrogen-bond donors (Lipinski definition) is 1. The zero-order chi connectivity index (χ0) is 14.0. The number of anilines is 1. The van der Waals surface area contributed by atoms with Gasteiger partial charge in [-0.05, 0) is 31.5 Å². The first-order valence-corrected chi connectivity index (χ1v) is 6.70. The molecule has 2 rings (SSSR count). The van der Waals surface area contributed by atoms with Crippen LogP contribution >= 0.6 is 23.2 Å². The zero-order valence-corrected chi connectivity index (χ0v) is 12.2. The van der Waals surface area contributed by atoms with E-state index in [1.807, 2.05) is 32.0 Å². The van der Waals surface area contributed by atoms with Gasteiger partial charge in [-0.15, -0.1) is 0 Å². The summed E-state index contributed by atoms with van der Waals surface area (Å²) in [5.74, 6) is -0.586. The molecule has 2 aromatic rings. The van der Waals surface area contributed by atoms with E-state index in [9.17, 15) is 4.39 Å². The molecule has 100 valence electrons. The smallest absolute Gasteiger partial charge is 0.160 e. The largest absolute Gasteiger partial charge is 0.378 e. The van der Waals surface area contributed by atoms with E-state index in [1.165, 1.54) is 17.7 Å². The van der Waals surface area contributed by atoms with E-state index in [1.54, 1.807) is 0 Å². The molecule has 0 spiro atoms. The van der Waals surface area contributed by atoms with E-state index >= 15 is 0 Å². The monoisotopic (exact) mass is 297 g/mol. The summed E-state index contributed by atoms with van der Waals surface area (Å²) in [7, 11) is 0. The van der Waals surface area contributed by atoms with Crippen molar-refractivity contribution in [2.75, 3.05) is 5.32 Å². The van der Waals surface area contributed by atoms with E-state index in [0.29, 0.717) is 5.69 Å². The predicted octanol–water partition coefficient (Wildman–Crippen LogP) is 5.61. The summed E-state index contributed by atoms with van der Waals surface area (Å²) in [4.78, 5) is 0. The number of nitrogens with one attached hydrogen (secondary N) is 1. The molecule has 0 aliphatic carbocycles. The van der Waals surface area contributed by atoms with Gasteiger partial charge in [0.15, 0.2) is 5.82 Å². The van der Waals surface area contributed by atoms with Gasteiger partial charge in [0.25, 0.3) is 0 Å². The molecule has 0 saturated carbocycles. The van der Waals surface area contributed by atoms with Crippen LogP contribution in [0.2, 0.25) is 10.0 Å². The number of halogens is 3. The van der Waals surface area contributed by atoms with Crippen LogP contribution in [0.25, 0.3) is 0 Å². The standard InChI is InChI=1S/C15H14Cl2FN/c1-9-4-3-5-11(6-9)10(2)19-12-7-13(16)15(18)14(17)8-12/h3-8,10,19H,1-2H3. The summed E-state index contributed by atoms with van der Waals surface area (Å²) in [6, 6.07) is 11.3. The molecule has 1 atom stereocenters. The van der Waals surface area contributed by atoms with Gasteiger partial charge in [-0.2, -0.15) is 0 Å². The lowest BCUT2D eigenvalue weighted by molar-refractivity contribution is 0.628. The highest BCUT2D eigenvalue weighted by Gasteiger charge is 2.10. The molecule has 0 amide bonds. The highest BCUT2D eigenvalue weighted by molar-refractivity contribution is 6.35. The third-order valence-corrected chi connectivity index (χ3v) is 3.46. The zero-order valence-electron chi connectivity index (χ0n) is 10.7. The normalized spacial score (nSPS) is 12.3. The van der Waals surface area contributed by atoms with E-state index in [2.05, 4.69) is 11.4 Å². The predicted molar refractivity (Wildman–Crippen MR) is 79.6 cm³/mol. The Morgan fingerprint density at radius 3 is 2.32 bits per heavy atom. The lowest BCUT2D eigenvalue weighted by Crippen LogP contribution is -2.07. The second kappa shape index (κ2) is 5.81. The topological polar surface area (TPSA) is 12.0 Å². The van der Waals surface area contributed by atoms with Crippen molar-refractivity contribution in [1.29, 1.82) is 0 Å². The molecule has 0 fully saturated rings. The van der Waals surface area contributed by atoms with Gasteiger partial charge < -0.3 is 5.32 Å². The molecule has 1 nitrogen and oxygen atoms in total. The van der Waals surface area contributed by atoms with Crippen molar-refractivity contribution in [3.63, 3.8) is 0 Å². The van der Waals surface area contributed by atoms with Gasteiger partial charge in [-0.1, -0.05) is 53.0 Å². The van der Waals surface area contributed by atoms with E-state index in [-0.39, 0.29) is 16.1 Å². The summed E-state index contributed by atoms with van der Waals surface area (Å²) >= 11 is 11.5. The average Bonchev–Trinajstić information content (AvgIpc) is 2.36. The number of aryl methyl sites for hydroxylation is 1. The first-order valence-electron chi connectivity index (χ1n) is 5.95. The minimum atomic E-state index is -0.586. The van der Waals surface area contributed by atoms with Crippen LogP contribution in [-0.2, 0) is 0 Å². The highest BCUT2D eigenvalue weighted by Crippen LogP contribution is 2.29. The Morgan fingerprint density at radius 2 is 1.74 bits per heavy atom. The summed E-state index contributed by atoms with van der Waals surface area (Å²) < 4.78 is 13.3. The van der Waals surface area contributed by atoms with Crippen molar-refractivity contribution in [3.05, 3.63) is 63.4 Å². The third kappa shape index (κ3) is 3.40. The van der Waals surface area contributed by atoms with Crippen LogP contribution in [0, 0.1) is 12.7 Å². The molecule has 0 aliphatic rings. The number of hydrogen-bond acceptors (Lipinski definition) is 1. The fourth-order valence-electron chi connectivity index (χ4n) is 1.91. The van der Waals surface area contributed by atoms with Crippen molar-refractivity contribution in [3.8, 4) is 0 Å². The third-order valence-electron chi connectivity index (χ3n) is 2.91. The van der Waals surface area contributed by atoms with Crippen LogP contribution in [0.4, 0.5) is 10.1 Å². The fraction of sp³-hybridized carbons (Fsp3) is 0.200. The molecule has 0 bridgehead atoms. The molecule has 0 aromatic heterocycles. The van der Waals surface area contributed by atoms with Crippen LogP contribution in [0.15, 0.2) is 36.4 Å². The van der Waals surface area contributed by atoms with Gasteiger partial charge >= 0.3 is 0 Å². The first kappa shape index (κ1) is 14.2. The molecule has 0 aliphatic heterocycles. The van der Waals surface area contributed by atoms with Crippen LogP contribution in [0.5, 0.6) is 0 Å². The molecular weight excluding hydrogens is 284 g/mol. The van der Waals surface area contributed by atoms with Crippen LogP contribution in [0.3, 0.4) is 0 Å². The van der Waals surface area contributed by atoms with Crippen LogP contribution in [0.1, 0.15) is 24.1 Å². The molecule has 1 N–H and O–H groups in total. The van der Waals surface area contributed by atoms with Crippen molar-refractivity contribution in [1.82, 2.24) is 0 Å². The molecular formula is C15H14Cl2FN. The Morgan fingerprint density at radius 1 is 1.11 bits per heavy atom. The Bertz CT molecular complexity index is 575. The van der Waals surface area contributed by atoms with Gasteiger partial charge in [-0.25, -0.2) is 4.39 Å². The Balaban J connectivity index is 2.21. The minimum Gasteiger partial charge on any atom is -0.378 e. The van der Waals surface area contributed by atoms with Gasteiger partial charge in [0, 0.05) is 11.7 Å². The molecule has 4 heteroatoms. The maximum absolute atomic E-state index is 13.3. The fourth-order valence-corrected chi connectivity index (χ4v) is 2.40. The summed E-state index contributed by atoms with van der Waals surface area (Å²) in [5, 5.41) is 3.30. The lowest BCUT2D eigenvalue weighted by Gasteiger charge is -2.17. The minimum absolute atomic E-state index is 0.0199. The number of rotatable bonds is 3. The quantitative estimate of drug-likeness (QED) is 0.726. The van der Waals surface area contributed by atoms with Crippen molar-refractivity contribution >= 4 is 28.9 Å². The molecule has 0 saturated heterocycles. The van der Waals surface area contributed by atoms with Crippen LogP contribution < -0.4 is 5.32 Å². The van der Waals surface area contributed by atoms with Crippen molar-refractivity contribution in [2.24, 2.45) is 0 Å². The molecule has 2 aromatic carbocycles. The molecule has 0 heterocycles. The van der Waals surface area contributed by atoms with E-state index < -0.39 is 5.82 Å². The second-order valence-corrected chi connectivity index (χ2v) is 5.35. The maximum Gasteiger partial charge on any atom is 0.160 e. The Kier molecular flexibility index (Phi) is 4.33. The van der Waals surface area contributed by atoms with Gasteiger partial charge in [-0.3, -0.25) is 0 Å². The summed E-state index contributed by atoms with van der Waals surface area (Å²) in [6.45, 7) is 4.07. The average molecular weight is 298 g/mol. The summed E-state index contributed by atoms with van der Waals surface area (Å²) in [6.07, 6.45) is 0. The van der Waals surface area contributed by atoms with Gasteiger partial charge in [0.1, 0.15) is 0 Å². The second-order valence-electron chi connectivity index (χ2n) is 4.53. The Hall–Kier alpha value is -1.25. The van der Waals surface area contributed by atoms with E-state index in [4.69, 9.17) is 23.2 Å². The van der Waals surface area contributed by atoms with E-state index in [0.717, 1.165) is 5.56 Å². The van der Waals surface area contributed by atoms with Gasteiger partial charge in [0.2, 0.25) is 0 Å². The van der Waals surface area contributed by atoms with Crippen molar-refractivity contribution < 1.29 is 4.39 Å². The van der Waals surface area contributed by atoms with Crippen molar-refractivity contribution in [2.45, 2.75) is 19.9 Å². The maximum atomic E-state index is 13.3.